The molecule has 3 nitrogen and oxygen atoms in total. The average Bonchev–Trinajstić information content (AvgIpc) is 2.71. The number of carbonyl (C=O) groups excluding carboxylic acids is 1. The van der Waals surface area contributed by atoms with Gasteiger partial charge in [0.2, 0.25) is 5.91 Å². The maximum atomic E-state index is 12.0. The second-order valence-electron chi connectivity index (χ2n) is 4.28. The lowest BCUT2D eigenvalue weighted by molar-refractivity contribution is -0.131. The Morgan fingerprint density at radius 2 is 2.35 bits per heavy atom. The molecule has 0 atom stereocenters. The number of nitrogens with zero attached hydrogens (tertiary/aromatic N) is 2. The molecular weight excluding hydrogens is 212 g/mol. The summed E-state index contributed by atoms with van der Waals surface area (Å²) in [6.07, 6.45) is 6.43. The molecule has 1 aromatic rings. The van der Waals surface area contributed by atoms with Crippen molar-refractivity contribution in [2.45, 2.75) is 32.7 Å². The molecule has 0 spiro atoms. The molecule has 0 saturated heterocycles. The van der Waals surface area contributed by atoms with Crippen molar-refractivity contribution in [2.75, 3.05) is 6.54 Å². The molecule has 0 aliphatic heterocycles. The molecule has 0 saturated carbocycles. The summed E-state index contributed by atoms with van der Waals surface area (Å²) >= 11 is 0. The van der Waals surface area contributed by atoms with E-state index in [1.54, 1.807) is 6.08 Å². The van der Waals surface area contributed by atoms with Crippen LogP contribution in [0.15, 0.2) is 31.0 Å². The Hall–Kier alpha value is -1.51. The van der Waals surface area contributed by atoms with E-state index in [2.05, 4.69) is 13.5 Å². The first-order chi connectivity index (χ1) is 8.19. The average molecular weight is 234 g/mol. The standard InChI is InChI=1S/C14H22N2O/c1-4-6-9-14(17)16(10-5-2)12-13-8-7-11-15(13)3/h5,7-8,11H,2,4,6,9-10,12H2,1,3H3. The molecule has 17 heavy (non-hydrogen) atoms. The molecular formula is C14H22N2O. The van der Waals surface area contributed by atoms with Gasteiger partial charge in [0.15, 0.2) is 0 Å². The fraction of sp³-hybridized carbons (Fsp3) is 0.500. The summed E-state index contributed by atoms with van der Waals surface area (Å²) < 4.78 is 2.04. The van der Waals surface area contributed by atoms with E-state index in [1.165, 1.54) is 0 Å². The minimum Gasteiger partial charge on any atom is -0.353 e. The smallest absolute Gasteiger partial charge is 0.223 e. The summed E-state index contributed by atoms with van der Waals surface area (Å²) in [7, 11) is 2.00. The van der Waals surface area contributed by atoms with Gasteiger partial charge in [-0.05, 0) is 18.6 Å². The number of hydrogen-bond donors (Lipinski definition) is 0. The van der Waals surface area contributed by atoms with E-state index in [1.807, 2.05) is 34.8 Å². The molecule has 94 valence electrons. The molecule has 1 aromatic heterocycles. The molecule has 0 aromatic carbocycles. The highest BCUT2D eigenvalue weighted by Gasteiger charge is 2.12. The predicted molar refractivity (Wildman–Crippen MR) is 70.6 cm³/mol. The number of aryl methyl sites for hydroxylation is 1. The van der Waals surface area contributed by atoms with Crippen molar-refractivity contribution in [3.63, 3.8) is 0 Å². The van der Waals surface area contributed by atoms with Gasteiger partial charge < -0.3 is 9.47 Å². The van der Waals surface area contributed by atoms with E-state index in [4.69, 9.17) is 0 Å². The van der Waals surface area contributed by atoms with E-state index >= 15 is 0 Å². The largest absolute Gasteiger partial charge is 0.353 e. The maximum absolute atomic E-state index is 12.0. The Morgan fingerprint density at radius 1 is 1.59 bits per heavy atom. The lowest BCUT2D eigenvalue weighted by Crippen LogP contribution is -2.31. The van der Waals surface area contributed by atoms with Gasteiger partial charge in [0, 0.05) is 31.9 Å². The van der Waals surface area contributed by atoms with Gasteiger partial charge in [-0.3, -0.25) is 4.79 Å². The molecule has 1 rings (SSSR count). The van der Waals surface area contributed by atoms with Crippen molar-refractivity contribution in [3.8, 4) is 0 Å². The lowest BCUT2D eigenvalue weighted by atomic mass is 10.2. The Bertz CT molecular complexity index is 368. The molecule has 0 radical (unpaired) electrons. The molecule has 0 unspecified atom stereocenters. The summed E-state index contributed by atoms with van der Waals surface area (Å²) in [5, 5.41) is 0. The summed E-state index contributed by atoms with van der Waals surface area (Å²) in [6.45, 7) is 7.10. The summed E-state index contributed by atoms with van der Waals surface area (Å²) in [6, 6.07) is 4.04. The van der Waals surface area contributed by atoms with Gasteiger partial charge in [0.05, 0.1) is 6.54 Å². The van der Waals surface area contributed by atoms with Crippen molar-refractivity contribution in [2.24, 2.45) is 7.05 Å². The molecule has 0 bridgehead atoms. The molecule has 0 N–H and O–H groups in total. The fourth-order valence-corrected chi connectivity index (χ4v) is 1.75. The number of rotatable bonds is 7. The van der Waals surface area contributed by atoms with E-state index in [0.717, 1.165) is 18.5 Å². The van der Waals surface area contributed by atoms with Gasteiger partial charge in [-0.15, -0.1) is 6.58 Å². The van der Waals surface area contributed by atoms with Crippen molar-refractivity contribution in [1.82, 2.24) is 9.47 Å². The van der Waals surface area contributed by atoms with E-state index in [9.17, 15) is 4.79 Å². The van der Waals surface area contributed by atoms with Gasteiger partial charge in [-0.1, -0.05) is 19.4 Å². The minimum atomic E-state index is 0.216. The third kappa shape index (κ3) is 4.10. The highest BCUT2D eigenvalue weighted by Crippen LogP contribution is 2.08. The van der Waals surface area contributed by atoms with Crippen LogP contribution in [0, 0.1) is 0 Å². The summed E-state index contributed by atoms with van der Waals surface area (Å²) in [5.41, 5.74) is 1.15. The molecule has 0 fully saturated rings. The first-order valence-corrected chi connectivity index (χ1v) is 6.18. The molecule has 1 amide bonds. The maximum Gasteiger partial charge on any atom is 0.223 e. The van der Waals surface area contributed by atoms with Crippen LogP contribution in [0.2, 0.25) is 0 Å². The lowest BCUT2D eigenvalue weighted by Gasteiger charge is -2.21. The predicted octanol–water partition coefficient (Wildman–Crippen LogP) is 2.73. The van der Waals surface area contributed by atoms with Crippen molar-refractivity contribution in [1.29, 1.82) is 0 Å². The Kier molecular flexibility index (Phi) is 5.53. The number of unbranched alkanes of at least 4 members (excludes halogenated alkanes) is 1. The van der Waals surface area contributed by atoms with Crippen LogP contribution < -0.4 is 0 Å². The van der Waals surface area contributed by atoms with Gasteiger partial charge in [-0.25, -0.2) is 0 Å². The summed E-state index contributed by atoms with van der Waals surface area (Å²) in [4.78, 5) is 13.9. The topological polar surface area (TPSA) is 25.2 Å². The highest BCUT2D eigenvalue weighted by molar-refractivity contribution is 5.76. The van der Waals surface area contributed by atoms with Crippen LogP contribution in [0.3, 0.4) is 0 Å². The summed E-state index contributed by atoms with van der Waals surface area (Å²) in [5.74, 6) is 0.216. The SMILES string of the molecule is C=CCN(Cc1cccn1C)C(=O)CCCC. The zero-order valence-electron chi connectivity index (χ0n) is 10.9. The van der Waals surface area contributed by atoms with Gasteiger partial charge in [0.1, 0.15) is 0 Å². The molecule has 0 aliphatic carbocycles. The molecule has 0 aliphatic rings. The van der Waals surface area contributed by atoms with Crippen LogP contribution >= 0.6 is 0 Å². The molecule has 1 heterocycles. The second kappa shape index (κ2) is 6.94. The van der Waals surface area contributed by atoms with Gasteiger partial charge >= 0.3 is 0 Å². The highest BCUT2D eigenvalue weighted by atomic mass is 16.2. The van der Waals surface area contributed by atoms with Crippen LogP contribution in [0.1, 0.15) is 31.9 Å². The Morgan fingerprint density at radius 3 is 2.88 bits per heavy atom. The second-order valence-corrected chi connectivity index (χ2v) is 4.28. The van der Waals surface area contributed by atoms with Crippen molar-refractivity contribution >= 4 is 5.91 Å². The first-order valence-electron chi connectivity index (χ1n) is 6.18. The zero-order chi connectivity index (χ0) is 12.7. The van der Waals surface area contributed by atoms with Crippen LogP contribution in [0.5, 0.6) is 0 Å². The fourth-order valence-electron chi connectivity index (χ4n) is 1.75. The van der Waals surface area contributed by atoms with Crippen LogP contribution in [0.25, 0.3) is 0 Å². The van der Waals surface area contributed by atoms with Crippen molar-refractivity contribution in [3.05, 3.63) is 36.7 Å². The van der Waals surface area contributed by atoms with Crippen LogP contribution in [-0.2, 0) is 18.4 Å². The third-order valence-electron chi connectivity index (χ3n) is 2.85. The van der Waals surface area contributed by atoms with Gasteiger partial charge in [-0.2, -0.15) is 0 Å². The Labute approximate surface area is 104 Å². The van der Waals surface area contributed by atoms with Gasteiger partial charge in [0.25, 0.3) is 0 Å². The van der Waals surface area contributed by atoms with Crippen molar-refractivity contribution < 1.29 is 4.79 Å². The molecule has 3 heteroatoms. The van der Waals surface area contributed by atoms with E-state index in [0.29, 0.717) is 19.5 Å². The third-order valence-corrected chi connectivity index (χ3v) is 2.85. The monoisotopic (exact) mass is 234 g/mol. The normalized spacial score (nSPS) is 10.2. The minimum absolute atomic E-state index is 0.216. The number of amides is 1. The number of hydrogen-bond acceptors (Lipinski definition) is 1. The van der Waals surface area contributed by atoms with Crippen LogP contribution in [-0.4, -0.2) is 21.9 Å². The Balaban J connectivity index is 2.62. The van der Waals surface area contributed by atoms with E-state index in [-0.39, 0.29) is 5.91 Å². The number of aromatic nitrogens is 1. The number of carbonyl (C=O) groups is 1. The van der Waals surface area contributed by atoms with Crippen LogP contribution in [0.4, 0.5) is 0 Å². The first kappa shape index (κ1) is 13.6. The zero-order valence-corrected chi connectivity index (χ0v) is 10.9. The quantitative estimate of drug-likeness (QED) is 0.666. The van der Waals surface area contributed by atoms with E-state index < -0.39 is 0 Å².